The van der Waals surface area contributed by atoms with Gasteiger partial charge in [0.15, 0.2) is 5.96 Å². The normalized spacial score (nSPS) is 14.5. The molecule has 4 atom stereocenters. The van der Waals surface area contributed by atoms with E-state index in [2.05, 4.69) is 33.6 Å². The number of carboxylic acid groups (broad SMARTS) is 1. The van der Waals surface area contributed by atoms with Gasteiger partial charge in [-0.2, -0.15) is 12.6 Å². The van der Waals surface area contributed by atoms with Crippen molar-refractivity contribution in [1.29, 1.82) is 0 Å². The van der Waals surface area contributed by atoms with E-state index < -0.39 is 48.4 Å². The fraction of sp³-hybridized carbons (Fsp3) is 0.706. The summed E-state index contributed by atoms with van der Waals surface area (Å²) in [5.74, 6) is -3.29. The molecule has 12 nitrogen and oxygen atoms in total. The molecule has 0 fully saturated rings. The second-order valence-electron chi connectivity index (χ2n) is 6.78. The van der Waals surface area contributed by atoms with Crippen LogP contribution in [-0.2, 0) is 19.2 Å². The van der Waals surface area contributed by atoms with Gasteiger partial charge in [0.2, 0.25) is 17.7 Å². The summed E-state index contributed by atoms with van der Waals surface area (Å²) < 4.78 is 0. The lowest BCUT2D eigenvalue weighted by Gasteiger charge is -2.26. The SMILES string of the molecule is CCC(C)C(NC(=O)C(CCCN=C(N)N)NC(=O)C(N)CS)C(=O)NCC(=O)O. The molecular weight excluding hydrogens is 414 g/mol. The molecule has 0 spiro atoms. The zero-order valence-corrected chi connectivity index (χ0v) is 18.2. The first-order valence-electron chi connectivity index (χ1n) is 9.55. The number of nitrogens with one attached hydrogen (secondary N) is 3. The van der Waals surface area contributed by atoms with Crippen molar-refractivity contribution in [2.75, 3.05) is 18.8 Å². The predicted octanol–water partition coefficient (Wildman–Crippen LogP) is -2.49. The number of hydrogen-bond donors (Lipinski definition) is 8. The Hall–Kier alpha value is -2.54. The standard InChI is InChI=1S/C17H33N7O5S/c1-3-9(2)13(16(29)22-7-12(25)26)24-15(28)11(5-4-6-21-17(19)20)23-14(27)10(18)8-30/h9-11,13,30H,3-8,18H2,1-2H3,(H,22,29)(H,23,27)(H,24,28)(H,25,26)(H4,19,20,21). The van der Waals surface area contributed by atoms with Crippen LogP contribution in [0, 0.1) is 5.92 Å². The first-order valence-corrected chi connectivity index (χ1v) is 10.2. The second kappa shape index (κ2) is 14.4. The van der Waals surface area contributed by atoms with E-state index in [-0.39, 0.29) is 30.6 Å². The Bertz CT molecular complexity index is 628. The van der Waals surface area contributed by atoms with Crippen LogP contribution in [0.1, 0.15) is 33.1 Å². The van der Waals surface area contributed by atoms with E-state index in [9.17, 15) is 19.2 Å². The first-order chi connectivity index (χ1) is 14.0. The highest BCUT2D eigenvalue weighted by atomic mass is 32.1. The van der Waals surface area contributed by atoms with Gasteiger partial charge in [0, 0.05) is 12.3 Å². The molecule has 30 heavy (non-hydrogen) atoms. The monoisotopic (exact) mass is 447 g/mol. The van der Waals surface area contributed by atoms with E-state index >= 15 is 0 Å². The van der Waals surface area contributed by atoms with Crippen molar-refractivity contribution in [1.82, 2.24) is 16.0 Å². The molecule has 13 heteroatoms. The summed E-state index contributed by atoms with van der Waals surface area (Å²) in [6.07, 6.45) is 1.13. The maximum atomic E-state index is 12.8. The lowest BCUT2D eigenvalue weighted by atomic mass is 9.97. The summed E-state index contributed by atoms with van der Waals surface area (Å²) in [6.45, 7) is 3.24. The van der Waals surface area contributed by atoms with Crippen molar-refractivity contribution in [3.8, 4) is 0 Å². The largest absolute Gasteiger partial charge is 0.480 e. The van der Waals surface area contributed by atoms with Gasteiger partial charge in [0.25, 0.3) is 0 Å². The molecule has 0 radical (unpaired) electrons. The highest BCUT2D eigenvalue weighted by Gasteiger charge is 2.30. The number of carbonyl (C=O) groups excluding carboxylic acids is 3. The molecule has 3 amide bonds. The molecule has 0 saturated carbocycles. The molecule has 0 rings (SSSR count). The molecule has 0 aliphatic rings. The summed E-state index contributed by atoms with van der Waals surface area (Å²) in [5, 5.41) is 16.2. The van der Waals surface area contributed by atoms with Gasteiger partial charge in [-0.05, 0) is 18.8 Å². The van der Waals surface area contributed by atoms with Gasteiger partial charge in [-0.15, -0.1) is 0 Å². The molecule has 4 unspecified atom stereocenters. The maximum absolute atomic E-state index is 12.8. The molecule has 10 N–H and O–H groups in total. The third-order valence-corrected chi connectivity index (χ3v) is 4.71. The van der Waals surface area contributed by atoms with Gasteiger partial charge in [0.1, 0.15) is 18.6 Å². The minimum absolute atomic E-state index is 0.0846. The fourth-order valence-electron chi connectivity index (χ4n) is 2.36. The molecule has 0 aromatic heterocycles. The first kappa shape index (κ1) is 27.5. The van der Waals surface area contributed by atoms with Gasteiger partial charge in [0.05, 0.1) is 6.04 Å². The van der Waals surface area contributed by atoms with Crippen molar-refractivity contribution in [3.05, 3.63) is 0 Å². The van der Waals surface area contributed by atoms with E-state index in [0.717, 1.165) is 0 Å². The minimum atomic E-state index is -1.21. The Labute approximate surface area is 181 Å². The van der Waals surface area contributed by atoms with E-state index in [4.69, 9.17) is 22.3 Å². The van der Waals surface area contributed by atoms with Gasteiger partial charge >= 0.3 is 5.97 Å². The van der Waals surface area contributed by atoms with Crippen LogP contribution < -0.4 is 33.2 Å². The number of nitrogens with zero attached hydrogens (tertiary/aromatic N) is 1. The molecular formula is C17H33N7O5S. The van der Waals surface area contributed by atoms with Crippen LogP contribution in [0.2, 0.25) is 0 Å². The Balaban J connectivity index is 5.31. The predicted molar refractivity (Wildman–Crippen MR) is 116 cm³/mol. The second-order valence-corrected chi connectivity index (χ2v) is 7.15. The van der Waals surface area contributed by atoms with Gasteiger partial charge in [-0.25, -0.2) is 0 Å². The summed E-state index contributed by atoms with van der Waals surface area (Å²) in [7, 11) is 0. The van der Waals surface area contributed by atoms with E-state index in [1.54, 1.807) is 6.92 Å². The molecule has 0 aromatic carbocycles. The highest BCUT2D eigenvalue weighted by molar-refractivity contribution is 7.80. The van der Waals surface area contributed by atoms with Crippen LogP contribution in [-0.4, -0.2) is 71.7 Å². The number of aliphatic carboxylic acids is 1. The lowest BCUT2D eigenvalue weighted by molar-refractivity contribution is -0.139. The van der Waals surface area contributed by atoms with Crippen molar-refractivity contribution < 1.29 is 24.3 Å². The fourth-order valence-corrected chi connectivity index (χ4v) is 2.53. The minimum Gasteiger partial charge on any atom is -0.480 e. The van der Waals surface area contributed by atoms with Crippen molar-refractivity contribution in [3.63, 3.8) is 0 Å². The van der Waals surface area contributed by atoms with Crippen molar-refractivity contribution in [2.24, 2.45) is 28.1 Å². The Morgan fingerprint density at radius 2 is 1.73 bits per heavy atom. The summed E-state index contributed by atoms with van der Waals surface area (Å²) in [4.78, 5) is 51.9. The number of guanidine groups is 1. The van der Waals surface area contributed by atoms with Crippen LogP contribution in [0.5, 0.6) is 0 Å². The lowest BCUT2D eigenvalue weighted by Crippen LogP contribution is -2.57. The maximum Gasteiger partial charge on any atom is 0.322 e. The van der Waals surface area contributed by atoms with Crippen LogP contribution in [0.25, 0.3) is 0 Å². The highest BCUT2D eigenvalue weighted by Crippen LogP contribution is 2.09. The van der Waals surface area contributed by atoms with Crippen LogP contribution in [0.3, 0.4) is 0 Å². The Morgan fingerprint density at radius 1 is 1.10 bits per heavy atom. The number of nitrogens with two attached hydrogens (primary N) is 3. The third-order valence-electron chi connectivity index (χ3n) is 4.32. The number of carboxylic acids is 1. The number of carbonyl (C=O) groups is 4. The number of aliphatic imine (C=N–C) groups is 1. The Morgan fingerprint density at radius 3 is 2.23 bits per heavy atom. The van der Waals surface area contributed by atoms with Gasteiger partial charge in [-0.3, -0.25) is 24.2 Å². The molecule has 0 aliphatic heterocycles. The van der Waals surface area contributed by atoms with Gasteiger partial charge < -0.3 is 38.3 Å². The van der Waals surface area contributed by atoms with Crippen LogP contribution in [0.4, 0.5) is 0 Å². The third kappa shape index (κ3) is 10.9. The van der Waals surface area contributed by atoms with Crippen LogP contribution >= 0.6 is 12.6 Å². The van der Waals surface area contributed by atoms with E-state index in [0.29, 0.717) is 12.8 Å². The summed E-state index contributed by atoms with van der Waals surface area (Å²) in [6, 6.07) is -2.88. The molecule has 172 valence electrons. The zero-order valence-electron chi connectivity index (χ0n) is 17.3. The average molecular weight is 448 g/mol. The number of thiol groups is 1. The average Bonchev–Trinajstić information content (AvgIpc) is 2.70. The van der Waals surface area contributed by atoms with E-state index in [1.165, 1.54) is 0 Å². The summed E-state index contributed by atoms with van der Waals surface area (Å²) >= 11 is 3.97. The number of hydrogen-bond acceptors (Lipinski definition) is 7. The zero-order chi connectivity index (χ0) is 23.3. The quantitative estimate of drug-likeness (QED) is 0.0615. The number of rotatable bonds is 14. The number of amides is 3. The van der Waals surface area contributed by atoms with Crippen molar-refractivity contribution >= 4 is 42.3 Å². The van der Waals surface area contributed by atoms with E-state index in [1.807, 2.05) is 6.92 Å². The molecule has 0 saturated heterocycles. The molecule has 0 aromatic rings. The smallest absolute Gasteiger partial charge is 0.322 e. The van der Waals surface area contributed by atoms with Crippen LogP contribution in [0.15, 0.2) is 4.99 Å². The topological polar surface area (TPSA) is 215 Å². The summed E-state index contributed by atoms with van der Waals surface area (Å²) in [5.41, 5.74) is 16.2. The molecule has 0 aliphatic carbocycles. The molecule has 0 bridgehead atoms. The van der Waals surface area contributed by atoms with Crippen molar-refractivity contribution in [2.45, 2.75) is 51.2 Å². The van der Waals surface area contributed by atoms with Gasteiger partial charge in [-0.1, -0.05) is 20.3 Å². The molecule has 0 heterocycles. The Kier molecular flexibility index (Phi) is 13.2.